The van der Waals surface area contributed by atoms with Crippen molar-refractivity contribution in [2.75, 3.05) is 31.1 Å². The van der Waals surface area contributed by atoms with E-state index in [0.717, 1.165) is 45.3 Å². The fourth-order valence-electron chi connectivity index (χ4n) is 7.86. The Kier molecular flexibility index (Phi) is 6.21. The maximum Gasteiger partial charge on any atom is 0.175 e. The van der Waals surface area contributed by atoms with Crippen molar-refractivity contribution in [1.82, 2.24) is 25.2 Å². The first-order valence-corrected chi connectivity index (χ1v) is 15.1. The Balaban J connectivity index is 1.30. The van der Waals surface area contributed by atoms with E-state index < -0.39 is 17.8 Å². The van der Waals surface area contributed by atoms with Crippen LogP contribution in [0.1, 0.15) is 43.5 Å². The van der Waals surface area contributed by atoms with E-state index in [-0.39, 0.29) is 22.3 Å². The van der Waals surface area contributed by atoms with Gasteiger partial charge >= 0.3 is 0 Å². The van der Waals surface area contributed by atoms with E-state index in [1.807, 2.05) is 18.2 Å². The van der Waals surface area contributed by atoms with Crippen molar-refractivity contribution in [1.29, 1.82) is 0 Å². The van der Waals surface area contributed by atoms with Gasteiger partial charge in [0.2, 0.25) is 0 Å². The van der Waals surface area contributed by atoms with Gasteiger partial charge in [-0.15, -0.1) is 6.42 Å². The lowest BCUT2D eigenvalue weighted by Gasteiger charge is -2.34. The summed E-state index contributed by atoms with van der Waals surface area (Å²) in [4.78, 5) is 18.7. The topological polar surface area (TPSA) is 57.2 Å². The fourth-order valence-corrected chi connectivity index (χ4v) is 7.86. The Morgan fingerprint density at radius 1 is 1.07 bits per heavy atom. The van der Waals surface area contributed by atoms with E-state index in [4.69, 9.17) is 16.4 Å². The minimum absolute atomic E-state index is 0.0526. The lowest BCUT2D eigenvalue weighted by atomic mass is 9.93. The minimum atomic E-state index is -0.862. The second-order valence-electron chi connectivity index (χ2n) is 12.4. The predicted octanol–water partition coefficient (Wildman–Crippen LogP) is 5.63. The van der Waals surface area contributed by atoms with Gasteiger partial charge in [0.25, 0.3) is 0 Å². The van der Waals surface area contributed by atoms with E-state index in [0.29, 0.717) is 58.4 Å². The number of benzene rings is 2. The molecule has 4 aromatic rings. The highest BCUT2D eigenvalue weighted by Gasteiger charge is 2.47. The maximum absolute atomic E-state index is 16.7. The van der Waals surface area contributed by atoms with Crippen molar-refractivity contribution in [2.45, 2.75) is 55.9 Å². The third-order valence-corrected chi connectivity index (χ3v) is 9.80. The fraction of sp³-hybridized carbons (Fsp3) is 0.382. The monoisotopic (exact) mass is 580 g/mol. The minimum Gasteiger partial charge on any atom is -0.353 e. The molecule has 2 aromatic carbocycles. The zero-order chi connectivity index (χ0) is 29.3. The zero-order valence-corrected chi connectivity index (χ0v) is 23.7. The van der Waals surface area contributed by atoms with E-state index in [1.165, 1.54) is 6.07 Å². The third kappa shape index (κ3) is 4.30. The molecule has 1 N–H and O–H groups in total. The number of pyridine rings is 1. The van der Waals surface area contributed by atoms with Crippen LogP contribution in [0, 0.1) is 24.0 Å². The number of halogens is 3. The number of nitrogens with zero attached hydrogens (tertiary/aromatic N) is 5. The lowest BCUT2D eigenvalue weighted by Crippen LogP contribution is -2.51. The second-order valence-corrected chi connectivity index (χ2v) is 12.4. The number of aromatic nitrogens is 3. The van der Waals surface area contributed by atoms with Crippen LogP contribution in [0.25, 0.3) is 39.0 Å². The number of anilines is 1. The average molecular weight is 581 g/mol. The van der Waals surface area contributed by atoms with Gasteiger partial charge in [-0.2, -0.15) is 0 Å². The molecule has 0 radical (unpaired) electrons. The predicted molar refractivity (Wildman–Crippen MR) is 162 cm³/mol. The molecule has 6 heterocycles. The van der Waals surface area contributed by atoms with Crippen LogP contribution in [0.2, 0.25) is 0 Å². The smallest absolute Gasteiger partial charge is 0.175 e. The summed E-state index contributed by atoms with van der Waals surface area (Å²) in [6.45, 7) is 2.81. The molecule has 4 aliphatic rings. The molecule has 218 valence electrons. The second kappa shape index (κ2) is 10.0. The molecule has 4 aliphatic heterocycles. The van der Waals surface area contributed by atoms with E-state index in [9.17, 15) is 8.78 Å². The average Bonchev–Trinajstić information content (AvgIpc) is 3.66. The summed E-state index contributed by atoms with van der Waals surface area (Å²) in [5, 5.41) is 5.29. The van der Waals surface area contributed by atoms with Crippen molar-refractivity contribution in [2.24, 2.45) is 0 Å². The molecule has 2 bridgehead atoms. The van der Waals surface area contributed by atoms with Crippen LogP contribution in [-0.4, -0.2) is 69.8 Å². The van der Waals surface area contributed by atoms with Gasteiger partial charge in [-0.3, -0.25) is 9.88 Å². The molecule has 0 saturated carbocycles. The molecule has 4 fully saturated rings. The molecule has 6 nitrogen and oxygen atoms in total. The number of piperazine rings is 1. The summed E-state index contributed by atoms with van der Waals surface area (Å²) >= 11 is 0. The molecular weight excluding hydrogens is 549 g/mol. The maximum atomic E-state index is 16.7. The van der Waals surface area contributed by atoms with Crippen LogP contribution in [0.15, 0.2) is 42.6 Å². The van der Waals surface area contributed by atoms with Gasteiger partial charge in [0, 0.05) is 60.8 Å². The molecule has 4 saturated heterocycles. The summed E-state index contributed by atoms with van der Waals surface area (Å²) in [6.07, 6.45) is 14.8. The first-order chi connectivity index (χ1) is 20.9. The summed E-state index contributed by atoms with van der Waals surface area (Å²) in [5.74, 6) is 2.30. The summed E-state index contributed by atoms with van der Waals surface area (Å²) in [5.41, 5.74) is 0.318. The van der Waals surface area contributed by atoms with Crippen LogP contribution < -0.4 is 10.2 Å². The van der Waals surface area contributed by atoms with Gasteiger partial charge in [-0.05, 0) is 49.8 Å². The molecule has 0 aliphatic carbocycles. The standard InChI is InChI=1S/C34H31F3N6/c1-2-24-27(36)10-7-20-5-3-6-25(29(20)24)31-30(37)32-26(16-38-31)33(42-18-22-8-9-23(19-42)39-22)41-28(40-32)11-13-34-12-4-14-43(34)17-21(35)15-34/h1,3,5-7,10-11,13,16,21-23,39H,4,8-9,12,14-15,17-19H2/b13-11+. The Hall–Kier alpha value is -4.00. The van der Waals surface area contributed by atoms with Gasteiger partial charge < -0.3 is 10.2 Å². The molecule has 4 atom stereocenters. The zero-order valence-electron chi connectivity index (χ0n) is 23.7. The highest BCUT2D eigenvalue weighted by Crippen LogP contribution is 2.42. The number of alkyl halides is 1. The normalized spacial score (nSPS) is 27.0. The number of hydrogen-bond donors (Lipinski definition) is 1. The summed E-state index contributed by atoms with van der Waals surface area (Å²) < 4.78 is 45.9. The van der Waals surface area contributed by atoms with Crippen molar-refractivity contribution in [3.8, 4) is 23.6 Å². The van der Waals surface area contributed by atoms with E-state index >= 15 is 4.39 Å². The van der Waals surface area contributed by atoms with Gasteiger partial charge in [-0.1, -0.05) is 36.3 Å². The highest BCUT2D eigenvalue weighted by atomic mass is 19.1. The molecule has 2 aromatic heterocycles. The Morgan fingerprint density at radius 2 is 1.91 bits per heavy atom. The molecular formula is C34H31F3N6. The van der Waals surface area contributed by atoms with Gasteiger partial charge in [0.05, 0.1) is 10.9 Å². The largest absolute Gasteiger partial charge is 0.353 e. The Bertz CT molecular complexity index is 1840. The van der Waals surface area contributed by atoms with Crippen molar-refractivity contribution < 1.29 is 13.2 Å². The van der Waals surface area contributed by atoms with Crippen molar-refractivity contribution in [3.63, 3.8) is 0 Å². The molecule has 43 heavy (non-hydrogen) atoms. The number of terminal acetylenes is 1. The molecule has 4 unspecified atom stereocenters. The van der Waals surface area contributed by atoms with Gasteiger partial charge in [0.1, 0.15) is 29.0 Å². The number of hydrogen-bond acceptors (Lipinski definition) is 6. The number of rotatable bonds is 4. The first kappa shape index (κ1) is 26.6. The summed E-state index contributed by atoms with van der Waals surface area (Å²) in [6, 6.07) is 8.95. The quantitative estimate of drug-likeness (QED) is 0.316. The van der Waals surface area contributed by atoms with Crippen LogP contribution in [-0.2, 0) is 0 Å². The third-order valence-electron chi connectivity index (χ3n) is 9.80. The summed E-state index contributed by atoms with van der Waals surface area (Å²) in [7, 11) is 0. The van der Waals surface area contributed by atoms with E-state index in [2.05, 4.69) is 26.0 Å². The van der Waals surface area contributed by atoms with Crippen LogP contribution >= 0.6 is 0 Å². The Labute approximate surface area is 248 Å². The van der Waals surface area contributed by atoms with Gasteiger partial charge in [0.15, 0.2) is 11.6 Å². The molecule has 0 amide bonds. The SMILES string of the molecule is C#Cc1c(F)ccc2cccc(-c3ncc4c(N5CC6CCC(C5)N6)nc(/C=C/C56CCCN5CC(F)C6)nc4c3F)c12. The van der Waals surface area contributed by atoms with Crippen LogP contribution in [0.5, 0.6) is 0 Å². The van der Waals surface area contributed by atoms with Crippen molar-refractivity contribution in [3.05, 3.63) is 65.6 Å². The number of nitrogens with one attached hydrogen (secondary N) is 1. The lowest BCUT2D eigenvalue weighted by molar-refractivity contribution is 0.247. The van der Waals surface area contributed by atoms with Gasteiger partial charge in [-0.25, -0.2) is 23.1 Å². The van der Waals surface area contributed by atoms with E-state index in [1.54, 1.807) is 24.4 Å². The molecule has 9 heteroatoms. The number of fused-ring (bicyclic) bond motifs is 5. The van der Waals surface area contributed by atoms with Crippen LogP contribution in [0.4, 0.5) is 19.0 Å². The van der Waals surface area contributed by atoms with Crippen LogP contribution in [0.3, 0.4) is 0 Å². The van der Waals surface area contributed by atoms with Crippen molar-refractivity contribution >= 4 is 33.6 Å². The highest BCUT2D eigenvalue weighted by molar-refractivity contribution is 6.02. The first-order valence-electron chi connectivity index (χ1n) is 15.1. The molecule has 8 rings (SSSR count). The Morgan fingerprint density at radius 3 is 2.72 bits per heavy atom. The molecule has 0 spiro atoms.